The number of nitrogens with two attached hydrogens (primary N) is 1. The van der Waals surface area contributed by atoms with Gasteiger partial charge in [0.25, 0.3) is 0 Å². The lowest BCUT2D eigenvalue weighted by Gasteiger charge is -2.37. The summed E-state index contributed by atoms with van der Waals surface area (Å²) >= 11 is 2.05. The monoisotopic (exact) mass is 250 g/mol. The Morgan fingerprint density at radius 3 is 2.65 bits per heavy atom. The summed E-state index contributed by atoms with van der Waals surface area (Å²) in [6.07, 6.45) is 1.21. The number of benzene rings is 1. The Kier molecular flexibility index (Phi) is 4.13. The summed E-state index contributed by atoms with van der Waals surface area (Å²) in [6, 6.07) is 10.6. The molecule has 0 aliphatic carbocycles. The summed E-state index contributed by atoms with van der Waals surface area (Å²) in [5.74, 6) is 1.16. The minimum absolute atomic E-state index is 0.194. The number of hydrogen-bond donors (Lipinski definition) is 1. The van der Waals surface area contributed by atoms with Crippen LogP contribution in [0.25, 0.3) is 0 Å². The second-order valence-electron chi connectivity index (χ2n) is 5.10. The molecule has 1 fully saturated rings. The highest BCUT2D eigenvalue weighted by Crippen LogP contribution is 2.37. The van der Waals surface area contributed by atoms with Gasteiger partial charge in [-0.15, -0.1) is 0 Å². The first-order valence-electron chi connectivity index (χ1n) is 6.23. The molecule has 0 amide bonds. The molecule has 0 bridgehead atoms. The molecule has 17 heavy (non-hydrogen) atoms. The molecule has 2 rings (SSSR count). The van der Waals surface area contributed by atoms with Crippen molar-refractivity contribution in [3.8, 4) is 0 Å². The molecule has 94 valence electrons. The van der Waals surface area contributed by atoms with E-state index in [-0.39, 0.29) is 5.54 Å². The molecule has 3 heteroatoms. The largest absolute Gasteiger partial charge is 0.329 e. The van der Waals surface area contributed by atoms with Gasteiger partial charge >= 0.3 is 0 Å². The van der Waals surface area contributed by atoms with Crippen molar-refractivity contribution in [2.24, 2.45) is 5.73 Å². The lowest BCUT2D eigenvalue weighted by atomic mass is 9.94. The van der Waals surface area contributed by atoms with E-state index in [1.54, 1.807) is 0 Å². The summed E-state index contributed by atoms with van der Waals surface area (Å²) in [7, 11) is 2.21. The van der Waals surface area contributed by atoms with Crippen molar-refractivity contribution in [2.75, 3.05) is 19.3 Å². The van der Waals surface area contributed by atoms with Gasteiger partial charge in [-0.1, -0.05) is 37.3 Å². The highest BCUT2D eigenvalue weighted by molar-refractivity contribution is 8.00. The Morgan fingerprint density at radius 2 is 2.12 bits per heavy atom. The molecule has 0 radical (unpaired) electrons. The minimum Gasteiger partial charge on any atom is -0.329 e. The quantitative estimate of drug-likeness (QED) is 0.889. The van der Waals surface area contributed by atoms with Crippen LogP contribution in [0, 0.1) is 0 Å². The van der Waals surface area contributed by atoms with Crippen molar-refractivity contribution in [1.29, 1.82) is 0 Å². The summed E-state index contributed by atoms with van der Waals surface area (Å²) in [5, 5.41) is 0.733. The molecule has 2 unspecified atom stereocenters. The van der Waals surface area contributed by atoms with Crippen LogP contribution < -0.4 is 5.73 Å². The Balaban J connectivity index is 2.06. The summed E-state index contributed by atoms with van der Waals surface area (Å²) in [6.45, 7) is 4.05. The number of likely N-dealkylation sites (N-methyl/N-ethyl adjacent to an activating group) is 1. The molecule has 2 nitrogen and oxygen atoms in total. The maximum Gasteiger partial charge on any atom is 0.0432 e. The lowest BCUT2D eigenvalue weighted by Crippen LogP contribution is -2.52. The second kappa shape index (κ2) is 5.42. The van der Waals surface area contributed by atoms with E-state index in [0.717, 1.165) is 24.1 Å². The lowest BCUT2D eigenvalue weighted by molar-refractivity contribution is 0.139. The Labute approximate surface area is 109 Å². The smallest absolute Gasteiger partial charge is 0.0432 e. The number of nitrogens with zero attached hydrogens (tertiary/aromatic N) is 1. The molecular weight excluding hydrogens is 228 g/mol. The van der Waals surface area contributed by atoms with Crippen LogP contribution >= 0.6 is 11.8 Å². The molecule has 2 atom stereocenters. The fourth-order valence-corrected chi connectivity index (χ4v) is 4.02. The van der Waals surface area contributed by atoms with Gasteiger partial charge in [-0.3, -0.25) is 4.90 Å². The van der Waals surface area contributed by atoms with Gasteiger partial charge in [0.2, 0.25) is 0 Å². The van der Waals surface area contributed by atoms with E-state index in [2.05, 4.69) is 49.2 Å². The van der Waals surface area contributed by atoms with Crippen molar-refractivity contribution < 1.29 is 0 Å². The highest BCUT2D eigenvalue weighted by atomic mass is 32.2. The van der Waals surface area contributed by atoms with Crippen LogP contribution in [0.3, 0.4) is 0 Å². The Hall–Kier alpha value is -0.510. The van der Waals surface area contributed by atoms with E-state index in [1.807, 2.05) is 11.8 Å². The molecule has 1 aliphatic rings. The van der Waals surface area contributed by atoms with Crippen LogP contribution in [-0.4, -0.2) is 35.0 Å². The molecule has 0 spiro atoms. The zero-order valence-electron chi connectivity index (χ0n) is 10.7. The molecule has 1 saturated heterocycles. The van der Waals surface area contributed by atoms with E-state index >= 15 is 0 Å². The van der Waals surface area contributed by atoms with Gasteiger partial charge in [0.15, 0.2) is 0 Å². The van der Waals surface area contributed by atoms with Gasteiger partial charge in [-0.2, -0.15) is 11.8 Å². The second-order valence-corrected chi connectivity index (χ2v) is 6.52. The van der Waals surface area contributed by atoms with Crippen molar-refractivity contribution in [2.45, 2.75) is 30.7 Å². The Morgan fingerprint density at radius 1 is 1.41 bits per heavy atom. The molecule has 1 aromatic rings. The van der Waals surface area contributed by atoms with Crippen LogP contribution in [0.1, 0.15) is 18.9 Å². The molecule has 0 aromatic heterocycles. The first kappa shape index (κ1) is 12.9. The van der Waals surface area contributed by atoms with Gasteiger partial charge in [0, 0.05) is 29.6 Å². The van der Waals surface area contributed by atoms with E-state index in [9.17, 15) is 0 Å². The summed E-state index contributed by atoms with van der Waals surface area (Å²) in [4.78, 5) is 2.44. The van der Waals surface area contributed by atoms with Crippen LogP contribution in [0.2, 0.25) is 0 Å². The fraction of sp³-hybridized carbons (Fsp3) is 0.571. The fourth-order valence-electron chi connectivity index (χ4n) is 2.54. The molecular formula is C14H22N2S. The SMILES string of the molecule is CC1CC(CN)(N(C)Cc2ccccc2)CS1. The number of hydrogen-bond acceptors (Lipinski definition) is 3. The zero-order valence-corrected chi connectivity index (χ0v) is 11.5. The topological polar surface area (TPSA) is 29.3 Å². The van der Waals surface area contributed by atoms with Gasteiger partial charge in [0.1, 0.15) is 0 Å². The normalized spacial score (nSPS) is 28.8. The van der Waals surface area contributed by atoms with E-state index in [0.29, 0.717) is 0 Å². The van der Waals surface area contributed by atoms with E-state index in [1.165, 1.54) is 12.0 Å². The number of rotatable bonds is 4. The van der Waals surface area contributed by atoms with Crippen molar-refractivity contribution in [1.82, 2.24) is 4.90 Å². The van der Waals surface area contributed by atoms with Crippen LogP contribution in [0.4, 0.5) is 0 Å². The van der Waals surface area contributed by atoms with Gasteiger partial charge in [-0.05, 0) is 19.0 Å². The number of thioether (sulfide) groups is 1. The summed E-state index contributed by atoms with van der Waals surface area (Å²) < 4.78 is 0. The molecule has 1 aromatic carbocycles. The first-order chi connectivity index (χ1) is 8.16. The van der Waals surface area contributed by atoms with E-state index < -0.39 is 0 Å². The highest BCUT2D eigenvalue weighted by Gasteiger charge is 2.40. The maximum absolute atomic E-state index is 6.03. The van der Waals surface area contributed by atoms with E-state index in [4.69, 9.17) is 5.73 Å². The van der Waals surface area contributed by atoms with Crippen LogP contribution in [0.15, 0.2) is 30.3 Å². The van der Waals surface area contributed by atoms with Crippen LogP contribution in [-0.2, 0) is 6.54 Å². The van der Waals surface area contributed by atoms with Gasteiger partial charge in [0.05, 0.1) is 0 Å². The average Bonchev–Trinajstić information content (AvgIpc) is 2.73. The summed E-state index contributed by atoms with van der Waals surface area (Å²) in [5.41, 5.74) is 7.59. The van der Waals surface area contributed by atoms with Crippen molar-refractivity contribution in [3.05, 3.63) is 35.9 Å². The van der Waals surface area contributed by atoms with Gasteiger partial charge in [-0.25, -0.2) is 0 Å². The molecule has 2 N–H and O–H groups in total. The predicted molar refractivity (Wildman–Crippen MR) is 76.2 cm³/mol. The third kappa shape index (κ3) is 2.84. The standard InChI is InChI=1S/C14H22N2S/c1-12-8-14(10-15,11-17-12)16(2)9-13-6-4-3-5-7-13/h3-7,12H,8-11,15H2,1-2H3. The first-order valence-corrected chi connectivity index (χ1v) is 7.28. The molecule has 0 saturated carbocycles. The third-order valence-corrected chi connectivity index (χ3v) is 5.20. The van der Waals surface area contributed by atoms with Crippen molar-refractivity contribution >= 4 is 11.8 Å². The zero-order chi connectivity index (χ0) is 12.3. The molecule has 1 heterocycles. The molecule has 1 aliphatic heterocycles. The maximum atomic E-state index is 6.03. The third-order valence-electron chi connectivity index (χ3n) is 3.76. The minimum atomic E-state index is 0.194. The van der Waals surface area contributed by atoms with Crippen LogP contribution in [0.5, 0.6) is 0 Å². The van der Waals surface area contributed by atoms with Gasteiger partial charge < -0.3 is 5.73 Å². The Bertz CT molecular complexity index is 354. The predicted octanol–water partition coefficient (Wildman–Crippen LogP) is 2.34. The average molecular weight is 250 g/mol. The van der Waals surface area contributed by atoms with Crippen molar-refractivity contribution in [3.63, 3.8) is 0 Å².